The summed E-state index contributed by atoms with van der Waals surface area (Å²) in [6.07, 6.45) is 0. The average molecular weight is 409 g/mol. The van der Waals surface area contributed by atoms with Crippen molar-refractivity contribution in [3.8, 4) is 0 Å². The number of carbonyl (C=O) groups excluding carboxylic acids is 1. The number of hydrogen-bond donors (Lipinski definition) is 1. The van der Waals surface area contributed by atoms with Gasteiger partial charge in [0.05, 0.1) is 15.0 Å². The molecule has 0 bridgehead atoms. The molecule has 2 aromatic rings. The lowest BCUT2D eigenvalue weighted by Crippen LogP contribution is -2.49. The summed E-state index contributed by atoms with van der Waals surface area (Å²) in [5.74, 6) is 0. The first-order valence-corrected chi connectivity index (χ1v) is 9.14. The molecule has 0 saturated carbocycles. The molecule has 7 nitrogen and oxygen atoms in total. The summed E-state index contributed by atoms with van der Waals surface area (Å²) in [5.41, 5.74) is 1.60. The first-order valence-electron chi connectivity index (χ1n) is 8.39. The second-order valence-corrected chi connectivity index (χ2v) is 7.06. The normalized spacial score (nSPS) is 14.8. The Kier molecular flexibility index (Phi) is 6.15. The molecule has 1 aliphatic rings. The van der Waals surface area contributed by atoms with Crippen molar-refractivity contribution >= 4 is 40.6 Å². The van der Waals surface area contributed by atoms with Gasteiger partial charge in [-0.1, -0.05) is 29.3 Å². The number of halogens is 2. The van der Waals surface area contributed by atoms with Crippen molar-refractivity contribution in [2.75, 3.05) is 31.5 Å². The van der Waals surface area contributed by atoms with Crippen LogP contribution in [0.25, 0.3) is 0 Å². The Labute approximate surface area is 166 Å². The van der Waals surface area contributed by atoms with Crippen LogP contribution in [0.5, 0.6) is 0 Å². The molecule has 1 aliphatic heterocycles. The molecule has 0 radical (unpaired) electrons. The molecule has 142 valence electrons. The van der Waals surface area contributed by atoms with Crippen molar-refractivity contribution in [3.63, 3.8) is 0 Å². The second kappa shape index (κ2) is 8.56. The van der Waals surface area contributed by atoms with E-state index >= 15 is 0 Å². The van der Waals surface area contributed by atoms with E-state index in [1.807, 2.05) is 12.1 Å². The first kappa shape index (κ1) is 19.4. The summed E-state index contributed by atoms with van der Waals surface area (Å²) in [4.78, 5) is 26.5. The Hall–Kier alpha value is -2.35. The zero-order valence-corrected chi connectivity index (χ0v) is 15.9. The number of nitrogens with one attached hydrogen (secondary N) is 1. The summed E-state index contributed by atoms with van der Waals surface area (Å²) in [6, 6.07) is 11.2. The van der Waals surface area contributed by atoms with Crippen LogP contribution in [-0.2, 0) is 6.54 Å². The van der Waals surface area contributed by atoms with Crippen molar-refractivity contribution in [1.29, 1.82) is 0 Å². The first-order chi connectivity index (χ1) is 12.9. The van der Waals surface area contributed by atoms with Crippen LogP contribution in [0, 0.1) is 10.1 Å². The Morgan fingerprint density at radius 3 is 2.30 bits per heavy atom. The van der Waals surface area contributed by atoms with E-state index in [-0.39, 0.29) is 11.7 Å². The lowest BCUT2D eigenvalue weighted by atomic mass is 10.2. The fraction of sp³-hybridized carbons (Fsp3) is 0.278. The van der Waals surface area contributed by atoms with Crippen molar-refractivity contribution in [3.05, 3.63) is 68.2 Å². The van der Waals surface area contributed by atoms with Crippen molar-refractivity contribution in [2.24, 2.45) is 0 Å². The van der Waals surface area contributed by atoms with E-state index in [1.165, 1.54) is 24.3 Å². The van der Waals surface area contributed by atoms with Gasteiger partial charge < -0.3 is 10.2 Å². The lowest BCUT2D eigenvalue weighted by molar-refractivity contribution is -0.384. The van der Waals surface area contributed by atoms with Crippen LogP contribution < -0.4 is 5.32 Å². The van der Waals surface area contributed by atoms with Gasteiger partial charge in [-0.2, -0.15) is 0 Å². The molecule has 2 amide bonds. The summed E-state index contributed by atoms with van der Waals surface area (Å²) in [7, 11) is 0. The van der Waals surface area contributed by atoms with E-state index in [0.29, 0.717) is 28.8 Å². The van der Waals surface area contributed by atoms with Gasteiger partial charge in [-0.05, 0) is 29.8 Å². The van der Waals surface area contributed by atoms with Gasteiger partial charge in [-0.3, -0.25) is 15.0 Å². The third-order valence-electron chi connectivity index (χ3n) is 4.38. The van der Waals surface area contributed by atoms with Crippen LogP contribution in [-0.4, -0.2) is 46.9 Å². The SMILES string of the molecule is O=C(Nc1ccc([N+](=O)[O-])cc1)N1CCN(Cc2ccc(Cl)c(Cl)c2)CC1. The van der Waals surface area contributed by atoms with Crippen LogP contribution in [0.3, 0.4) is 0 Å². The molecule has 0 unspecified atom stereocenters. The van der Waals surface area contributed by atoms with E-state index in [2.05, 4.69) is 10.2 Å². The van der Waals surface area contributed by atoms with Crippen LogP contribution >= 0.6 is 23.2 Å². The number of benzene rings is 2. The van der Waals surface area contributed by atoms with Crippen LogP contribution in [0.2, 0.25) is 10.0 Å². The Balaban J connectivity index is 1.50. The topological polar surface area (TPSA) is 78.7 Å². The Morgan fingerprint density at radius 1 is 1.04 bits per heavy atom. The fourth-order valence-electron chi connectivity index (χ4n) is 2.87. The quantitative estimate of drug-likeness (QED) is 0.605. The molecule has 0 spiro atoms. The zero-order chi connectivity index (χ0) is 19.4. The third kappa shape index (κ3) is 5.09. The van der Waals surface area contributed by atoms with E-state index in [9.17, 15) is 14.9 Å². The summed E-state index contributed by atoms with van der Waals surface area (Å²) >= 11 is 12.0. The zero-order valence-electron chi connectivity index (χ0n) is 14.4. The minimum Gasteiger partial charge on any atom is -0.322 e. The van der Waals surface area contributed by atoms with Gasteiger partial charge in [-0.25, -0.2) is 4.79 Å². The number of nitrogens with zero attached hydrogens (tertiary/aromatic N) is 3. The third-order valence-corrected chi connectivity index (χ3v) is 5.12. The number of piperazine rings is 1. The minimum absolute atomic E-state index is 0.0103. The number of nitro groups is 1. The number of anilines is 1. The summed E-state index contributed by atoms with van der Waals surface area (Å²) in [6.45, 7) is 3.43. The number of nitro benzene ring substituents is 1. The van der Waals surface area contributed by atoms with E-state index in [4.69, 9.17) is 23.2 Å². The van der Waals surface area contributed by atoms with Gasteiger partial charge in [0.2, 0.25) is 0 Å². The van der Waals surface area contributed by atoms with E-state index in [1.54, 1.807) is 11.0 Å². The smallest absolute Gasteiger partial charge is 0.321 e. The highest BCUT2D eigenvalue weighted by molar-refractivity contribution is 6.42. The number of rotatable bonds is 4. The Bertz CT molecular complexity index is 837. The molecular weight excluding hydrogens is 391 g/mol. The predicted molar refractivity (Wildman–Crippen MR) is 105 cm³/mol. The van der Waals surface area contributed by atoms with Gasteiger partial charge in [0, 0.05) is 50.5 Å². The monoisotopic (exact) mass is 408 g/mol. The maximum absolute atomic E-state index is 12.4. The highest BCUT2D eigenvalue weighted by Crippen LogP contribution is 2.23. The molecule has 0 aliphatic carbocycles. The number of amides is 2. The largest absolute Gasteiger partial charge is 0.322 e. The van der Waals surface area contributed by atoms with Crippen molar-refractivity contribution in [1.82, 2.24) is 9.80 Å². The average Bonchev–Trinajstić information content (AvgIpc) is 2.66. The molecule has 1 N–H and O–H groups in total. The molecule has 1 heterocycles. The standard InChI is InChI=1S/C18H18Cl2N4O3/c19-16-6-1-13(11-17(16)20)12-22-7-9-23(10-8-22)18(25)21-14-2-4-15(5-3-14)24(26)27/h1-6,11H,7-10,12H2,(H,21,25). The molecule has 2 aromatic carbocycles. The molecule has 9 heteroatoms. The fourth-order valence-corrected chi connectivity index (χ4v) is 3.19. The number of urea groups is 1. The van der Waals surface area contributed by atoms with Gasteiger partial charge in [0.1, 0.15) is 0 Å². The lowest BCUT2D eigenvalue weighted by Gasteiger charge is -2.34. The maximum Gasteiger partial charge on any atom is 0.321 e. The number of carbonyl (C=O) groups is 1. The van der Waals surface area contributed by atoms with Crippen LogP contribution in [0.4, 0.5) is 16.2 Å². The maximum atomic E-state index is 12.4. The van der Waals surface area contributed by atoms with Gasteiger partial charge in [-0.15, -0.1) is 0 Å². The minimum atomic E-state index is -0.474. The van der Waals surface area contributed by atoms with Gasteiger partial charge >= 0.3 is 6.03 Å². The van der Waals surface area contributed by atoms with Crippen LogP contribution in [0.1, 0.15) is 5.56 Å². The second-order valence-electron chi connectivity index (χ2n) is 6.25. The van der Waals surface area contributed by atoms with Crippen molar-refractivity contribution in [2.45, 2.75) is 6.54 Å². The van der Waals surface area contributed by atoms with Gasteiger partial charge in [0.25, 0.3) is 5.69 Å². The van der Waals surface area contributed by atoms with E-state index in [0.717, 1.165) is 25.2 Å². The molecule has 0 atom stereocenters. The molecule has 3 rings (SSSR count). The van der Waals surface area contributed by atoms with Crippen LogP contribution in [0.15, 0.2) is 42.5 Å². The molecular formula is C18H18Cl2N4O3. The van der Waals surface area contributed by atoms with Gasteiger partial charge in [0.15, 0.2) is 0 Å². The molecule has 0 aromatic heterocycles. The highest BCUT2D eigenvalue weighted by Gasteiger charge is 2.21. The summed E-state index contributed by atoms with van der Waals surface area (Å²) < 4.78 is 0. The molecule has 1 saturated heterocycles. The molecule has 1 fully saturated rings. The Morgan fingerprint density at radius 2 is 1.70 bits per heavy atom. The molecule has 27 heavy (non-hydrogen) atoms. The van der Waals surface area contributed by atoms with Crippen molar-refractivity contribution < 1.29 is 9.72 Å². The predicted octanol–water partition coefficient (Wildman–Crippen LogP) is 4.25. The number of hydrogen-bond acceptors (Lipinski definition) is 4. The van der Waals surface area contributed by atoms with E-state index < -0.39 is 4.92 Å². The highest BCUT2D eigenvalue weighted by atomic mass is 35.5. The number of non-ortho nitro benzene ring substituents is 1. The summed E-state index contributed by atoms with van der Waals surface area (Å²) in [5, 5.41) is 14.5.